The Morgan fingerprint density at radius 1 is 1.20 bits per heavy atom. The maximum absolute atomic E-state index is 13.6. The van der Waals surface area contributed by atoms with Crippen LogP contribution in [0.15, 0.2) is 41.7 Å². The molecule has 5 heteroatoms. The molecule has 140 valence electrons. The van der Waals surface area contributed by atoms with Gasteiger partial charge in [-0.3, -0.25) is 4.57 Å². The molecule has 0 spiro atoms. The van der Waals surface area contributed by atoms with Crippen molar-refractivity contribution in [1.29, 1.82) is 0 Å². The summed E-state index contributed by atoms with van der Waals surface area (Å²) in [5.74, 6) is 0. The fourth-order valence-electron chi connectivity index (χ4n) is 2.89. The highest BCUT2D eigenvalue weighted by Gasteiger charge is 2.41. The largest absolute Gasteiger partial charge is 0.413 e. The Balaban J connectivity index is 2.10. The number of rotatable bonds is 7. The van der Waals surface area contributed by atoms with E-state index >= 15 is 0 Å². The van der Waals surface area contributed by atoms with Crippen LogP contribution in [-0.4, -0.2) is 21.0 Å². The second kappa shape index (κ2) is 7.92. The third-order valence-electron chi connectivity index (χ3n) is 5.33. The van der Waals surface area contributed by atoms with Crippen LogP contribution in [0, 0.1) is 0 Å². The summed E-state index contributed by atoms with van der Waals surface area (Å²) in [5, 5.41) is 1.14. The van der Waals surface area contributed by atoms with Crippen molar-refractivity contribution >= 4 is 15.7 Å². The zero-order valence-corrected chi connectivity index (χ0v) is 18.4. The van der Waals surface area contributed by atoms with Gasteiger partial charge in [0.25, 0.3) is 0 Å². The van der Waals surface area contributed by atoms with E-state index in [-0.39, 0.29) is 11.1 Å². The van der Waals surface area contributed by atoms with Gasteiger partial charge in [0.15, 0.2) is 8.32 Å². The van der Waals surface area contributed by atoms with Crippen molar-refractivity contribution in [2.75, 3.05) is 6.61 Å². The third kappa shape index (κ3) is 5.16. The lowest BCUT2D eigenvalue weighted by Gasteiger charge is -2.38. The minimum atomic E-state index is -2.84. The molecule has 2 atom stereocenters. The quantitative estimate of drug-likeness (QED) is 0.396. The first kappa shape index (κ1) is 20.6. The Hall–Kier alpha value is -0.673. The van der Waals surface area contributed by atoms with Crippen molar-refractivity contribution in [2.24, 2.45) is 0 Å². The van der Waals surface area contributed by atoms with E-state index in [9.17, 15) is 4.57 Å². The minimum absolute atomic E-state index is 0.139. The van der Waals surface area contributed by atoms with Crippen LogP contribution in [0.2, 0.25) is 18.1 Å². The summed E-state index contributed by atoms with van der Waals surface area (Å²) in [5.41, 5.74) is 1.06. The fraction of sp³-hybridized carbons (Fsp3) is 0.600. The lowest BCUT2D eigenvalue weighted by atomic mass is 10.2. The number of benzene rings is 1. The zero-order valence-electron chi connectivity index (χ0n) is 16.5. The minimum Gasteiger partial charge on any atom is -0.413 e. The molecule has 0 bridgehead atoms. The van der Waals surface area contributed by atoms with Crippen molar-refractivity contribution in [1.82, 2.24) is 0 Å². The van der Waals surface area contributed by atoms with Gasteiger partial charge in [-0.2, -0.15) is 0 Å². The maximum Gasteiger partial charge on any atom is 0.232 e. The Kier molecular flexibility index (Phi) is 6.53. The third-order valence-corrected chi connectivity index (χ3v) is 12.6. The molecule has 3 nitrogen and oxygen atoms in total. The molecular weight excluding hydrogens is 347 g/mol. The summed E-state index contributed by atoms with van der Waals surface area (Å²) in [7, 11) is -4.65. The van der Waals surface area contributed by atoms with Gasteiger partial charge in [-0.25, -0.2) is 0 Å². The topological polar surface area (TPSA) is 35.5 Å². The van der Waals surface area contributed by atoms with Gasteiger partial charge in [0, 0.05) is 11.7 Å². The van der Waals surface area contributed by atoms with Crippen LogP contribution in [0.4, 0.5) is 0 Å². The van der Waals surface area contributed by atoms with Crippen LogP contribution in [0.3, 0.4) is 0 Å². The molecule has 0 fully saturated rings. The average Bonchev–Trinajstić information content (AvgIpc) is 2.96. The maximum atomic E-state index is 13.6. The van der Waals surface area contributed by atoms with E-state index < -0.39 is 15.7 Å². The van der Waals surface area contributed by atoms with Crippen molar-refractivity contribution in [3.63, 3.8) is 0 Å². The second-order valence-electron chi connectivity index (χ2n) is 8.37. The molecule has 0 N–H and O–H groups in total. The molecular formula is C20H33O3PSi. The average molecular weight is 381 g/mol. The van der Waals surface area contributed by atoms with E-state index in [1.54, 1.807) is 0 Å². The summed E-state index contributed by atoms with van der Waals surface area (Å²) in [6.07, 6.45) is 4.29. The van der Waals surface area contributed by atoms with Gasteiger partial charge in [-0.15, -0.1) is 0 Å². The molecule has 25 heavy (non-hydrogen) atoms. The highest BCUT2D eigenvalue weighted by atomic mass is 31.2. The number of hydrogen-bond donors (Lipinski definition) is 0. The lowest BCUT2D eigenvalue weighted by Crippen LogP contribution is -2.43. The molecule has 1 aliphatic carbocycles. The van der Waals surface area contributed by atoms with Crippen LogP contribution < -0.4 is 0 Å². The predicted molar refractivity (Wildman–Crippen MR) is 109 cm³/mol. The molecule has 0 amide bonds. The van der Waals surface area contributed by atoms with E-state index in [0.29, 0.717) is 12.8 Å². The molecule has 2 unspecified atom stereocenters. The molecule has 0 saturated heterocycles. The zero-order chi connectivity index (χ0) is 18.7. The van der Waals surface area contributed by atoms with Crippen molar-refractivity contribution in [3.05, 3.63) is 47.3 Å². The SMILES string of the molecule is CCOP(=O)(Cc1ccccc1)C1=CCC(O[Si](C)(C)C(C)(C)C)C1. The summed E-state index contributed by atoms with van der Waals surface area (Å²) >= 11 is 0. The summed E-state index contributed by atoms with van der Waals surface area (Å²) < 4.78 is 25.9. The van der Waals surface area contributed by atoms with Gasteiger partial charge in [0.1, 0.15) is 0 Å². The first-order chi connectivity index (χ1) is 11.6. The normalized spacial score (nSPS) is 21.0. The summed E-state index contributed by atoms with van der Waals surface area (Å²) in [6, 6.07) is 9.98. The molecule has 1 aromatic carbocycles. The molecule has 0 heterocycles. The van der Waals surface area contributed by atoms with Crippen LogP contribution in [-0.2, 0) is 19.7 Å². The van der Waals surface area contributed by atoms with E-state index in [1.807, 2.05) is 37.3 Å². The molecule has 2 rings (SSSR count). The highest BCUT2D eigenvalue weighted by Crippen LogP contribution is 2.61. The van der Waals surface area contributed by atoms with E-state index in [4.69, 9.17) is 8.95 Å². The van der Waals surface area contributed by atoms with Gasteiger partial charge in [-0.1, -0.05) is 57.2 Å². The van der Waals surface area contributed by atoms with Crippen LogP contribution >= 0.6 is 7.37 Å². The van der Waals surface area contributed by atoms with Crippen molar-refractivity contribution in [2.45, 2.75) is 70.9 Å². The predicted octanol–water partition coefficient (Wildman–Crippen LogP) is 6.57. The molecule has 1 aromatic rings. The Morgan fingerprint density at radius 2 is 1.84 bits per heavy atom. The first-order valence-electron chi connectivity index (χ1n) is 9.22. The molecule has 0 saturated carbocycles. The second-order valence-corrected chi connectivity index (χ2v) is 15.6. The van der Waals surface area contributed by atoms with Crippen molar-refractivity contribution in [3.8, 4) is 0 Å². The Bertz CT molecular complexity index is 647. The van der Waals surface area contributed by atoms with Gasteiger partial charge in [0.05, 0.1) is 18.9 Å². The summed E-state index contributed by atoms with van der Waals surface area (Å²) in [6.45, 7) is 13.7. The Labute approximate surface area is 154 Å². The fourth-order valence-corrected chi connectivity index (χ4v) is 6.69. The monoisotopic (exact) mass is 380 g/mol. The van der Waals surface area contributed by atoms with Gasteiger partial charge in [-0.05, 0) is 37.0 Å². The lowest BCUT2D eigenvalue weighted by molar-refractivity contribution is 0.192. The molecule has 0 radical (unpaired) electrons. The van der Waals surface area contributed by atoms with Gasteiger partial charge >= 0.3 is 0 Å². The van der Waals surface area contributed by atoms with Crippen LogP contribution in [0.5, 0.6) is 0 Å². The van der Waals surface area contributed by atoms with E-state index in [1.165, 1.54) is 0 Å². The molecule has 1 aliphatic rings. The molecule has 0 aromatic heterocycles. The van der Waals surface area contributed by atoms with Gasteiger partial charge in [0.2, 0.25) is 7.37 Å². The Morgan fingerprint density at radius 3 is 2.40 bits per heavy atom. The van der Waals surface area contributed by atoms with Gasteiger partial charge < -0.3 is 8.95 Å². The van der Waals surface area contributed by atoms with E-state index in [0.717, 1.165) is 23.7 Å². The van der Waals surface area contributed by atoms with Crippen molar-refractivity contribution < 1.29 is 13.5 Å². The number of hydrogen-bond acceptors (Lipinski definition) is 3. The van der Waals surface area contributed by atoms with E-state index in [2.05, 4.69) is 39.9 Å². The van der Waals surface area contributed by atoms with Crippen LogP contribution in [0.1, 0.15) is 46.1 Å². The standard InChI is InChI=1S/C20H33O3PSi/c1-7-22-24(21,16-17-11-9-8-10-12-17)19-14-13-18(15-19)23-25(5,6)20(2,3)4/h8-12,14,18H,7,13,15-16H2,1-6H3. The summed E-state index contributed by atoms with van der Waals surface area (Å²) in [4.78, 5) is 0. The van der Waals surface area contributed by atoms with Crippen LogP contribution in [0.25, 0.3) is 0 Å². The highest BCUT2D eigenvalue weighted by molar-refractivity contribution is 7.62. The smallest absolute Gasteiger partial charge is 0.232 e. The first-order valence-corrected chi connectivity index (χ1v) is 13.9. The molecule has 0 aliphatic heterocycles.